The zero-order valence-electron chi connectivity index (χ0n) is 9.61. The summed E-state index contributed by atoms with van der Waals surface area (Å²) in [5, 5.41) is 16.8. The van der Waals surface area contributed by atoms with Crippen molar-refractivity contribution in [1.29, 1.82) is 0 Å². The summed E-state index contributed by atoms with van der Waals surface area (Å²) in [4.78, 5) is 4.21. The van der Waals surface area contributed by atoms with Gasteiger partial charge >= 0.3 is 0 Å². The van der Waals surface area contributed by atoms with Crippen molar-refractivity contribution in [2.24, 2.45) is 0 Å². The highest BCUT2D eigenvalue weighted by Crippen LogP contribution is 2.26. The van der Waals surface area contributed by atoms with Crippen molar-refractivity contribution in [3.63, 3.8) is 0 Å². The normalized spacial score (nSPS) is 20.6. The molecule has 1 aromatic rings. The summed E-state index contributed by atoms with van der Waals surface area (Å²) in [6, 6.07) is 0. The average molecular weight is 240 g/mol. The molecule has 0 aromatic carbocycles. The molecule has 0 saturated heterocycles. The van der Waals surface area contributed by atoms with Gasteiger partial charge in [-0.15, -0.1) is 11.3 Å². The molecule has 0 unspecified atom stereocenters. The fourth-order valence-electron chi connectivity index (χ4n) is 2.31. The van der Waals surface area contributed by atoms with E-state index in [0.717, 1.165) is 37.2 Å². The molecule has 16 heavy (non-hydrogen) atoms. The molecule has 4 heteroatoms. The van der Waals surface area contributed by atoms with Crippen LogP contribution in [0.3, 0.4) is 0 Å². The van der Waals surface area contributed by atoms with Gasteiger partial charge in [0.15, 0.2) is 0 Å². The number of thiazole rings is 1. The predicted molar refractivity (Wildman–Crippen MR) is 66.5 cm³/mol. The summed E-state index contributed by atoms with van der Waals surface area (Å²) in [5.74, 6) is 0. The first kappa shape index (κ1) is 12.0. The van der Waals surface area contributed by atoms with E-state index in [9.17, 15) is 5.11 Å². The van der Waals surface area contributed by atoms with Crippen molar-refractivity contribution in [1.82, 2.24) is 10.3 Å². The molecule has 0 bridgehead atoms. The van der Waals surface area contributed by atoms with Crippen molar-refractivity contribution in [2.45, 2.75) is 50.7 Å². The molecule has 1 aromatic heterocycles. The van der Waals surface area contributed by atoms with Gasteiger partial charge in [0.2, 0.25) is 0 Å². The van der Waals surface area contributed by atoms with Crippen LogP contribution in [0.5, 0.6) is 0 Å². The van der Waals surface area contributed by atoms with Gasteiger partial charge in [-0.05, 0) is 12.8 Å². The quantitative estimate of drug-likeness (QED) is 0.794. The van der Waals surface area contributed by atoms with Crippen molar-refractivity contribution >= 4 is 11.3 Å². The van der Waals surface area contributed by atoms with Gasteiger partial charge in [-0.25, -0.2) is 4.98 Å². The van der Waals surface area contributed by atoms with Crippen molar-refractivity contribution < 1.29 is 5.11 Å². The molecule has 0 radical (unpaired) electrons. The monoisotopic (exact) mass is 240 g/mol. The second-order valence-electron chi connectivity index (χ2n) is 4.67. The highest BCUT2D eigenvalue weighted by molar-refractivity contribution is 7.09. The van der Waals surface area contributed by atoms with Crippen LogP contribution in [-0.4, -0.2) is 22.2 Å². The first-order valence-electron chi connectivity index (χ1n) is 6.10. The fraction of sp³-hybridized carbons (Fsp3) is 0.750. The molecule has 3 nitrogen and oxygen atoms in total. The van der Waals surface area contributed by atoms with E-state index in [4.69, 9.17) is 0 Å². The van der Waals surface area contributed by atoms with Crippen LogP contribution in [0.25, 0.3) is 0 Å². The van der Waals surface area contributed by atoms with Crippen LogP contribution >= 0.6 is 11.3 Å². The fourth-order valence-corrected chi connectivity index (χ4v) is 2.89. The minimum absolute atomic E-state index is 0.478. The Kier molecular flexibility index (Phi) is 4.32. The first-order valence-corrected chi connectivity index (χ1v) is 6.98. The summed E-state index contributed by atoms with van der Waals surface area (Å²) in [6.45, 7) is 1.48. The molecule has 0 spiro atoms. The lowest BCUT2D eigenvalue weighted by Crippen LogP contribution is -2.39. The van der Waals surface area contributed by atoms with E-state index >= 15 is 0 Å². The summed E-state index contributed by atoms with van der Waals surface area (Å²) < 4.78 is 0. The van der Waals surface area contributed by atoms with E-state index in [2.05, 4.69) is 10.3 Å². The summed E-state index contributed by atoms with van der Waals surface area (Å²) in [6.07, 6.45) is 8.58. The SMILES string of the molecule is OC1(CNCc2nccs2)CCCCCC1. The van der Waals surface area contributed by atoms with Gasteiger partial charge in [0, 0.05) is 24.7 Å². The van der Waals surface area contributed by atoms with Crippen LogP contribution < -0.4 is 5.32 Å². The highest BCUT2D eigenvalue weighted by atomic mass is 32.1. The van der Waals surface area contributed by atoms with Gasteiger partial charge in [0.25, 0.3) is 0 Å². The third-order valence-corrected chi connectivity index (χ3v) is 4.03. The molecule has 1 fully saturated rings. The standard InChI is InChI=1S/C12H20N2OS/c15-12(5-3-1-2-4-6-12)10-13-9-11-14-7-8-16-11/h7-8,13,15H,1-6,9-10H2. The van der Waals surface area contributed by atoms with E-state index in [-0.39, 0.29) is 0 Å². The summed E-state index contributed by atoms with van der Waals surface area (Å²) in [5.41, 5.74) is -0.478. The van der Waals surface area contributed by atoms with Crippen LogP contribution in [0.15, 0.2) is 11.6 Å². The second-order valence-corrected chi connectivity index (χ2v) is 5.65. The van der Waals surface area contributed by atoms with Crippen molar-refractivity contribution in [3.05, 3.63) is 16.6 Å². The molecule has 1 heterocycles. The minimum Gasteiger partial charge on any atom is -0.389 e. The third-order valence-electron chi connectivity index (χ3n) is 3.25. The third kappa shape index (κ3) is 3.54. The number of hydrogen-bond acceptors (Lipinski definition) is 4. The van der Waals surface area contributed by atoms with E-state index in [1.165, 1.54) is 12.8 Å². The Morgan fingerprint density at radius 3 is 2.69 bits per heavy atom. The number of aromatic nitrogens is 1. The molecule has 2 N–H and O–H groups in total. The lowest BCUT2D eigenvalue weighted by molar-refractivity contribution is 0.0250. The Labute approximate surface area is 101 Å². The smallest absolute Gasteiger partial charge is 0.106 e. The zero-order chi connectivity index (χ0) is 11.3. The van der Waals surface area contributed by atoms with Crippen LogP contribution in [0.1, 0.15) is 43.5 Å². The van der Waals surface area contributed by atoms with Gasteiger partial charge in [-0.1, -0.05) is 25.7 Å². The summed E-state index contributed by atoms with van der Waals surface area (Å²) >= 11 is 1.66. The Morgan fingerprint density at radius 2 is 2.06 bits per heavy atom. The molecule has 1 aliphatic rings. The minimum atomic E-state index is -0.478. The molecule has 90 valence electrons. The highest BCUT2D eigenvalue weighted by Gasteiger charge is 2.27. The van der Waals surface area contributed by atoms with Crippen molar-refractivity contribution in [3.8, 4) is 0 Å². The predicted octanol–water partition coefficient (Wildman–Crippen LogP) is 2.32. The maximum absolute atomic E-state index is 10.4. The molecule has 1 saturated carbocycles. The Bertz CT molecular complexity index is 292. The number of aliphatic hydroxyl groups is 1. The lowest BCUT2D eigenvalue weighted by Gasteiger charge is -2.26. The van der Waals surface area contributed by atoms with E-state index in [1.807, 2.05) is 11.6 Å². The van der Waals surface area contributed by atoms with Crippen LogP contribution in [0.2, 0.25) is 0 Å². The molecule has 0 atom stereocenters. The second kappa shape index (κ2) is 5.75. The first-order chi connectivity index (χ1) is 7.79. The number of nitrogens with one attached hydrogen (secondary N) is 1. The number of nitrogens with zero attached hydrogens (tertiary/aromatic N) is 1. The molecule has 0 aliphatic heterocycles. The Morgan fingerprint density at radius 1 is 1.31 bits per heavy atom. The van der Waals surface area contributed by atoms with Gasteiger partial charge in [0.05, 0.1) is 5.60 Å². The van der Waals surface area contributed by atoms with Crippen LogP contribution in [0.4, 0.5) is 0 Å². The van der Waals surface area contributed by atoms with E-state index in [0.29, 0.717) is 6.54 Å². The van der Waals surface area contributed by atoms with Gasteiger partial charge in [0.1, 0.15) is 5.01 Å². The van der Waals surface area contributed by atoms with Gasteiger partial charge < -0.3 is 10.4 Å². The van der Waals surface area contributed by atoms with Crippen LogP contribution in [-0.2, 0) is 6.54 Å². The lowest BCUT2D eigenvalue weighted by atomic mass is 9.94. The number of rotatable bonds is 4. The topological polar surface area (TPSA) is 45.1 Å². The van der Waals surface area contributed by atoms with Crippen molar-refractivity contribution in [2.75, 3.05) is 6.54 Å². The molecular weight excluding hydrogens is 220 g/mol. The maximum atomic E-state index is 10.4. The molecule has 2 rings (SSSR count). The van der Waals surface area contributed by atoms with E-state index < -0.39 is 5.60 Å². The molecular formula is C12H20N2OS. The van der Waals surface area contributed by atoms with Crippen LogP contribution in [0, 0.1) is 0 Å². The van der Waals surface area contributed by atoms with Gasteiger partial charge in [-0.2, -0.15) is 0 Å². The maximum Gasteiger partial charge on any atom is 0.106 e. The molecule has 0 amide bonds. The largest absolute Gasteiger partial charge is 0.389 e. The van der Waals surface area contributed by atoms with E-state index in [1.54, 1.807) is 11.3 Å². The zero-order valence-corrected chi connectivity index (χ0v) is 10.4. The summed E-state index contributed by atoms with van der Waals surface area (Å²) in [7, 11) is 0. The average Bonchev–Trinajstić information content (AvgIpc) is 2.68. The number of hydrogen-bond donors (Lipinski definition) is 2. The molecule has 1 aliphatic carbocycles. The Balaban J connectivity index is 1.75. The van der Waals surface area contributed by atoms with Gasteiger partial charge in [-0.3, -0.25) is 0 Å². The Hall–Kier alpha value is -0.450.